The van der Waals surface area contributed by atoms with E-state index < -0.39 is 15.3 Å². The Bertz CT molecular complexity index is 545. The maximum absolute atomic E-state index is 12.3. The number of sulfonamides is 1. The number of nitrogens with one attached hydrogen (secondary N) is 1. The van der Waals surface area contributed by atoms with Gasteiger partial charge in [0.15, 0.2) is 0 Å². The van der Waals surface area contributed by atoms with Gasteiger partial charge >= 0.3 is 6.02 Å². The van der Waals surface area contributed by atoms with Crippen LogP contribution in [-0.2, 0) is 14.8 Å². The van der Waals surface area contributed by atoms with E-state index >= 15 is 0 Å². The number of hydrogen-bond donors (Lipinski definition) is 1. The van der Waals surface area contributed by atoms with Crippen LogP contribution in [-0.4, -0.2) is 31.8 Å². The summed E-state index contributed by atoms with van der Waals surface area (Å²) in [6, 6.07) is 0.617. The van der Waals surface area contributed by atoms with Gasteiger partial charge in [-0.3, -0.25) is 0 Å². The maximum atomic E-state index is 12.3. The monoisotopic (exact) mass is 312 g/mol. The summed E-state index contributed by atoms with van der Waals surface area (Å²) in [5.41, 5.74) is 0. The second-order valence-corrected chi connectivity index (χ2v) is 8.98. The van der Waals surface area contributed by atoms with Gasteiger partial charge in [-0.1, -0.05) is 12.8 Å². The molecule has 3 unspecified atom stereocenters. The molecule has 0 aromatic rings. The SMILES string of the molecule is O=S1(=O)N=C(NC2CC[C@H]3CC[C@@H]2C3)OC2CCCCC21. The Morgan fingerprint density at radius 1 is 1.05 bits per heavy atom. The van der Waals surface area contributed by atoms with E-state index in [1.807, 2.05) is 0 Å². The fourth-order valence-corrected chi connectivity index (χ4v) is 6.19. The smallest absolute Gasteiger partial charge is 0.301 e. The van der Waals surface area contributed by atoms with Crippen LogP contribution in [0.4, 0.5) is 0 Å². The van der Waals surface area contributed by atoms with Gasteiger partial charge < -0.3 is 10.1 Å². The molecule has 0 saturated heterocycles. The minimum atomic E-state index is -3.40. The molecule has 1 heterocycles. The number of ether oxygens (including phenoxy) is 1. The molecule has 5 nitrogen and oxygen atoms in total. The number of nitrogens with zero attached hydrogens (tertiary/aromatic N) is 1. The molecular weight excluding hydrogens is 288 g/mol. The molecule has 5 atom stereocenters. The van der Waals surface area contributed by atoms with Crippen molar-refractivity contribution in [2.45, 2.75) is 75.2 Å². The van der Waals surface area contributed by atoms with Gasteiger partial charge in [0.2, 0.25) is 0 Å². The van der Waals surface area contributed by atoms with Crippen molar-refractivity contribution < 1.29 is 13.2 Å². The molecule has 1 N–H and O–H groups in total. The van der Waals surface area contributed by atoms with E-state index in [9.17, 15) is 8.42 Å². The summed E-state index contributed by atoms with van der Waals surface area (Å²) < 4.78 is 34.5. The highest BCUT2D eigenvalue weighted by Crippen LogP contribution is 2.42. The van der Waals surface area contributed by atoms with Crippen molar-refractivity contribution in [1.29, 1.82) is 0 Å². The quantitative estimate of drug-likeness (QED) is 0.806. The molecule has 3 fully saturated rings. The first-order valence-electron chi connectivity index (χ1n) is 8.39. The molecule has 1 aliphatic heterocycles. The van der Waals surface area contributed by atoms with Crippen LogP contribution in [0.3, 0.4) is 0 Å². The second kappa shape index (κ2) is 5.14. The standard InChI is InChI=1S/C15H24N2O3S/c18-21(19)14-4-2-1-3-13(14)20-15(17-21)16-12-8-6-10-5-7-11(12)9-10/h10-14H,1-9H2,(H,16,17)/t10-,11-,12?,13?,14?/m1/s1. The summed E-state index contributed by atoms with van der Waals surface area (Å²) in [6.07, 6.45) is 9.59. The minimum absolute atomic E-state index is 0.191. The molecule has 3 saturated carbocycles. The number of fused-ring (bicyclic) bond motifs is 3. The van der Waals surface area contributed by atoms with Crippen LogP contribution in [0.15, 0.2) is 4.40 Å². The van der Waals surface area contributed by atoms with Gasteiger partial charge in [-0.15, -0.1) is 4.40 Å². The largest absolute Gasteiger partial charge is 0.460 e. The molecule has 0 amide bonds. The zero-order valence-electron chi connectivity index (χ0n) is 12.3. The topological polar surface area (TPSA) is 67.8 Å². The Kier molecular flexibility index (Phi) is 3.39. The summed E-state index contributed by atoms with van der Waals surface area (Å²) in [5, 5.41) is 2.91. The van der Waals surface area contributed by atoms with E-state index in [0.717, 1.165) is 31.6 Å². The summed E-state index contributed by atoms with van der Waals surface area (Å²) in [6.45, 7) is 0. The van der Waals surface area contributed by atoms with E-state index in [1.165, 1.54) is 25.7 Å². The van der Waals surface area contributed by atoms with Crippen molar-refractivity contribution >= 4 is 16.0 Å². The Hall–Kier alpha value is -0.780. The first-order valence-corrected chi connectivity index (χ1v) is 9.89. The lowest BCUT2D eigenvalue weighted by Crippen LogP contribution is -2.50. The number of rotatable bonds is 1. The van der Waals surface area contributed by atoms with Crippen LogP contribution in [0.2, 0.25) is 0 Å². The van der Waals surface area contributed by atoms with Gasteiger partial charge in [-0.25, -0.2) is 8.42 Å². The van der Waals surface area contributed by atoms with Gasteiger partial charge in [0.05, 0.1) is 0 Å². The van der Waals surface area contributed by atoms with E-state index in [-0.39, 0.29) is 12.1 Å². The highest BCUT2D eigenvalue weighted by molar-refractivity contribution is 7.91. The summed E-state index contributed by atoms with van der Waals surface area (Å²) in [5.74, 6) is 1.57. The van der Waals surface area contributed by atoms with Gasteiger partial charge in [0, 0.05) is 6.04 Å². The molecule has 4 aliphatic rings. The lowest BCUT2D eigenvalue weighted by Gasteiger charge is -2.36. The second-order valence-electron chi connectivity index (χ2n) is 7.16. The average molecular weight is 312 g/mol. The summed E-state index contributed by atoms with van der Waals surface area (Å²) >= 11 is 0. The van der Waals surface area contributed by atoms with Crippen LogP contribution in [0, 0.1) is 11.8 Å². The lowest BCUT2D eigenvalue weighted by molar-refractivity contribution is 0.127. The zero-order chi connectivity index (χ0) is 14.4. The summed E-state index contributed by atoms with van der Waals surface area (Å²) in [4.78, 5) is 0. The Morgan fingerprint density at radius 2 is 1.86 bits per heavy atom. The van der Waals surface area contributed by atoms with Gasteiger partial charge in [0.1, 0.15) is 11.4 Å². The molecule has 2 bridgehead atoms. The first kappa shape index (κ1) is 13.9. The third-order valence-electron chi connectivity index (χ3n) is 5.84. The van der Waals surface area contributed by atoms with Crippen LogP contribution >= 0.6 is 0 Å². The molecule has 0 aromatic carbocycles. The Balaban J connectivity index is 1.51. The lowest BCUT2D eigenvalue weighted by atomic mass is 9.85. The van der Waals surface area contributed by atoms with Crippen LogP contribution in [0.5, 0.6) is 0 Å². The number of hydrogen-bond acceptors (Lipinski definition) is 4. The predicted octanol–water partition coefficient (Wildman–Crippen LogP) is 2.18. The molecule has 6 heteroatoms. The van der Waals surface area contributed by atoms with Crippen molar-refractivity contribution in [2.75, 3.05) is 0 Å². The van der Waals surface area contributed by atoms with E-state index in [1.54, 1.807) is 0 Å². The van der Waals surface area contributed by atoms with Gasteiger partial charge in [-0.2, -0.15) is 0 Å². The van der Waals surface area contributed by atoms with Crippen LogP contribution in [0.1, 0.15) is 57.8 Å². The average Bonchev–Trinajstić information content (AvgIpc) is 2.84. The van der Waals surface area contributed by atoms with Crippen molar-refractivity contribution in [3.63, 3.8) is 0 Å². The maximum Gasteiger partial charge on any atom is 0.301 e. The Labute approximate surface area is 126 Å². The normalized spacial score (nSPS) is 44.4. The third-order valence-corrected chi connectivity index (χ3v) is 7.57. The highest BCUT2D eigenvalue weighted by atomic mass is 32.2. The molecular formula is C15H24N2O3S. The summed E-state index contributed by atoms with van der Waals surface area (Å²) in [7, 11) is -3.40. The van der Waals surface area contributed by atoms with Crippen LogP contribution < -0.4 is 5.32 Å². The molecule has 4 rings (SSSR count). The van der Waals surface area contributed by atoms with Crippen molar-refractivity contribution in [2.24, 2.45) is 16.2 Å². The molecule has 118 valence electrons. The molecule has 0 aromatic heterocycles. The van der Waals surface area contributed by atoms with Gasteiger partial charge in [-0.05, 0) is 56.8 Å². The van der Waals surface area contributed by atoms with Gasteiger partial charge in [0.25, 0.3) is 10.0 Å². The molecule has 21 heavy (non-hydrogen) atoms. The zero-order valence-corrected chi connectivity index (χ0v) is 13.1. The minimum Gasteiger partial charge on any atom is -0.460 e. The van der Waals surface area contributed by atoms with E-state index in [4.69, 9.17) is 4.74 Å². The number of amidine groups is 1. The third kappa shape index (κ3) is 2.56. The Morgan fingerprint density at radius 3 is 2.76 bits per heavy atom. The molecule has 0 radical (unpaired) electrons. The van der Waals surface area contributed by atoms with Crippen molar-refractivity contribution in [1.82, 2.24) is 5.32 Å². The highest BCUT2D eigenvalue weighted by Gasteiger charge is 2.43. The predicted molar refractivity (Wildman–Crippen MR) is 80.5 cm³/mol. The van der Waals surface area contributed by atoms with E-state index in [0.29, 0.717) is 18.4 Å². The first-order chi connectivity index (χ1) is 10.1. The van der Waals surface area contributed by atoms with Crippen molar-refractivity contribution in [3.8, 4) is 0 Å². The fraction of sp³-hybridized carbons (Fsp3) is 0.933. The van der Waals surface area contributed by atoms with Crippen molar-refractivity contribution in [3.05, 3.63) is 0 Å². The van der Waals surface area contributed by atoms with E-state index in [2.05, 4.69) is 9.71 Å². The molecule has 3 aliphatic carbocycles. The molecule has 0 spiro atoms. The fourth-order valence-electron chi connectivity index (χ4n) is 4.69. The van der Waals surface area contributed by atoms with Crippen LogP contribution in [0.25, 0.3) is 0 Å².